The smallest absolute Gasteiger partial charge is 0.309 e. The van der Waals surface area contributed by atoms with Gasteiger partial charge in [-0.15, -0.1) is 0 Å². The van der Waals surface area contributed by atoms with Crippen LogP contribution in [0, 0.1) is 11.3 Å². The Morgan fingerprint density at radius 2 is 1.88 bits per heavy atom. The molecule has 88 valence electrons. The highest BCUT2D eigenvalue weighted by atomic mass is 16.4. The molecule has 0 bridgehead atoms. The zero-order chi connectivity index (χ0) is 12.2. The van der Waals surface area contributed by atoms with Crippen LogP contribution >= 0.6 is 0 Å². The van der Waals surface area contributed by atoms with Crippen molar-refractivity contribution in [2.75, 3.05) is 0 Å². The average molecular weight is 220 g/mol. The molecular formula is C14H20O2. The van der Waals surface area contributed by atoms with Crippen LogP contribution in [-0.2, 0) is 11.2 Å². The van der Waals surface area contributed by atoms with Gasteiger partial charge in [-0.25, -0.2) is 0 Å². The normalized spacial score (nSPS) is 13.4. The third-order valence-corrected chi connectivity index (χ3v) is 2.86. The van der Waals surface area contributed by atoms with Gasteiger partial charge in [0.2, 0.25) is 0 Å². The Hall–Kier alpha value is -1.31. The van der Waals surface area contributed by atoms with Crippen LogP contribution in [0.4, 0.5) is 0 Å². The molecule has 0 aliphatic heterocycles. The molecule has 1 rings (SSSR count). The molecule has 0 spiro atoms. The van der Waals surface area contributed by atoms with E-state index in [1.54, 1.807) is 13.8 Å². The minimum atomic E-state index is -0.715. The Labute approximate surface area is 97.3 Å². The highest BCUT2D eigenvalue weighted by Crippen LogP contribution is 2.27. The lowest BCUT2D eigenvalue weighted by Gasteiger charge is -2.23. The summed E-state index contributed by atoms with van der Waals surface area (Å²) in [7, 11) is 0. The molecule has 1 aromatic carbocycles. The molecule has 0 amide bonds. The SMILES string of the molecule is CC(Cc1ccccc1)CC(C)(C)C(=O)O. The molecule has 0 aliphatic rings. The lowest BCUT2D eigenvalue weighted by Crippen LogP contribution is -2.26. The molecule has 1 N–H and O–H groups in total. The van der Waals surface area contributed by atoms with Crippen molar-refractivity contribution in [1.29, 1.82) is 0 Å². The highest BCUT2D eigenvalue weighted by Gasteiger charge is 2.28. The number of hydrogen-bond donors (Lipinski definition) is 1. The van der Waals surface area contributed by atoms with Gasteiger partial charge in [-0.3, -0.25) is 4.79 Å². The van der Waals surface area contributed by atoms with E-state index in [1.807, 2.05) is 18.2 Å². The van der Waals surface area contributed by atoms with Gasteiger partial charge < -0.3 is 5.11 Å². The fourth-order valence-corrected chi connectivity index (χ4v) is 2.05. The van der Waals surface area contributed by atoms with E-state index < -0.39 is 11.4 Å². The van der Waals surface area contributed by atoms with Crippen LogP contribution in [0.3, 0.4) is 0 Å². The zero-order valence-corrected chi connectivity index (χ0v) is 10.2. The second-order valence-electron chi connectivity index (χ2n) is 5.19. The van der Waals surface area contributed by atoms with Crippen molar-refractivity contribution < 1.29 is 9.90 Å². The fraction of sp³-hybridized carbons (Fsp3) is 0.500. The van der Waals surface area contributed by atoms with Gasteiger partial charge in [0.05, 0.1) is 5.41 Å². The molecule has 2 heteroatoms. The minimum Gasteiger partial charge on any atom is -0.481 e. The Morgan fingerprint density at radius 3 is 2.38 bits per heavy atom. The van der Waals surface area contributed by atoms with Gasteiger partial charge in [0, 0.05) is 0 Å². The highest BCUT2D eigenvalue weighted by molar-refractivity contribution is 5.73. The van der Waals surface area contributed by atoms with Crippen LogP contribution in [0.1, 0.15) is 32.8 Å². The summed E-state index contributed by atoms with van der Waals surface area (Å²) in [4.78, 5) is 11.0. The quantitative estimate of drug-likeness (QED) is 0.826. The van der Waals surface area contributed by atoms with Crippen molar-refractivity contribution >= 4 is 5.97 Å². The number of carbonyl (C=O) groups is 1. The van der Waals surface area contributed by atoms with Gasteiger partial charge in [0.1, 0.15) is 0 Å². The van der Waals surface area contributed by atoms with Gasteiger partial charge in [-0.05, 0) is 38.2 Å². The lowest BCUT2D eigenvalue weighted by molar-refractivity contribution is -0.147. The molecule has 1 aromatic rings. The lowest BCUT2D eigenvalue weighted by atomic mass is 9.81. The van der Waals surface area contributed by atoms with Crippen molar-refractivity contribution in [1.82, 2.24) is 0 Å². The van der Waals surface area contributed by atoms with Crippen molar-refractivity contribution in [2.45, 2.75) is 33.6 Å². The number of carboxylic acid groups (broad SMARTS) is 1. The number of hydrogen-bond acceptors (Lipinski definition) is 1. The first-order valence-corrected chi connectivity index (χ1v) is 5.69. The maximum atomic E-state index is 11.0. The number of aliphatic carboxylic acids is 1. The maximum Gasteiger partial charge on any atom is 0.309 e. The van der Waals surface area contributed by atoms with E-state index in [0.717, 1.165) is 6.42 Å². The second-order valence-corrected chi connectivity index (χ2v) is 5.19. The largest absolute Gasteiger partial charge is 0.481 e. The summed E-state index contributed by atoms with van der Waals surface area (Å²) in [6.07, 6.45) is 1.65. The second kappa shape index (κ2) is 5.15. The predicted octanol–water partition coefficient (Wildman–Crippen LogP) is 3.37. The zero-order valence-electron chi connectivity index (χ0n) is 10.2. The first-order chi connectivity index (χ1) is 7.42. The molecule has 0 aromatic heterocycles. The standard InChI is InChI=1S/C14H20O2/c1-11(10-14(2,3)13(15)16)9-12-7-5-4-6-8-12/h4-8,11H,9-10H2,1-3H3,(H,15,16). The predicted molar refractivity (Wildman–Crippen MR) is 65.3 cm³/mol. The van der Waals surface area contributed by atoms with Crippen LogP contribution in [-0.4, -0.2) is 11.1 Å². The van der Waals surface area contributed by atoms with Crippen LogP contribution in [0.5, 0.6) is 0 Å². The molecule has 0 radical (unpaired) electrons. The van der Waals surface area contributed by atoms with E-state index in [9.17, 15) is 4.79 Å². The summed E-state index contributed by atoms with van der Waals surface area (Å²) in [5.41, 5.74) is 0.643. The minimum absolute atomic E-state index is 0.383. The molecule has 0 saturated carbocycles. The molecule has 1 atom stereocenters. The van der Waals surface area contributed by atoms with E-state index in [1.165, 1.54) is 5.56 Å². The molecule has 0 aliphatic carbocycles. The molecule has 1 unspecified atom stereocenters. The molecule has 0 heterocycles. The van der Waals surface area contributed by atoms with Gasteiger partial charge in [0.25, 0.3) is 0 Å². The molecule has 2 nitrogen and oxygen atoms in total. The number of carboxylic acids is 1. The van der Waals surface area contributed by atoms with Crippen LogP contribution in [0.2, 0.25) is 0 Å². The van der Waals surface area contributed by atoms with E-state index in [2.05, 4.69) is 19.1 Å². The Balaban J connectivity index is 2.54. The Bertz CT molecular complexity index is 341. The van der Waals surface area contributed by atoms with Crippen molar-refractivity contribution in [3.63, 3.8) is 0 Å². The van der Waals surface area contributed by atoms with Gasteiger partial charge in [-0.2, -0.15) is 0 Å². The molecule has 0 fully saturated rings. The fourth-order valence-electron chi connectivity index (χ4n) is 2.05. The average Bonchev–Trinajstić information content (AvgIpc) is 2.17. The monoisotopic (exact) mass is 220 g/mol. The van der Waals surface area contributed by atoms with Gasteiger partial charge >= 0.3 is 5.97 Å². The van der Waals surface area contributed by atoms with Gasteiger partial charge in [0.15, 0.2) is 0 Å². The Kier molecular flexibility index (Phi) is 4.11. The van der Waals surface area contributed by atoms with Crippen molar-refractivity contribution in [2.24, 2.45) is 11.3 Å². The van der Waals surface area contributed by atoms with Crippen LogP contribution in [0.25, 0.3) is 0 Å². The first-order valence-electron chi connectivity index (χ1n) is 5.69. The summed E-state index contributed by atoms with van der Waals surface area (Å²) in [6.45, 7) is 5.69. The summed E-state index contributed by atoms with van der Waals surface area (Å²) in [5.74, 6) is -0.332. The maximum absolute atomic E-state index is 11.0. The summed E-state index contributed by atoms with van der Waals surface area (Å²) in [6, 6.07) is 10.2. The van der Waals surface area contributed by atoms with E-state index in [0.29, 0.717) is 12.3 Å². The first kappa shape index (κ1) is 12.8. The number of rotatable bonds is 5. The van der Waals surface area contributed by atoms with E-state index in [-0.39, 0.29) is 0 Å². The topological polar surface area (TPSA) is 37.3 Å². The van der Waals surface area contributed by atoms with Crippen LogP contribution in [0.15, 0.2) is 30.3 Å². The van der Waals surface area contributed by atoms with Crippen molar-refractivity contribution in [3.05, 3.63) is 35.9 Å². The summed E-state index contributed by atoms with van der Waals surface area (Å²) >= 11 is 0. The number of benzene rings is 1. The summed E-state index contributed by atoms with van der Waals surface area (Å²) < 4.78 is 0. The van der Waals surface area contributed by atoms with E-state index in [4.69, 9.17) is 5.11 Å². The summed E-state index contributed by atoms with van der Waals surface area (Å²) in [5, 5.41) is 9.06. The van der Waals surface area contributed by atoms with Gasteiger partial charge in [-0.1, -0.05) is 37.3 Å². The third kappa shape index (κ3) is 3.69. The van der Waals surface area contributed by atoms with E-state index >= 15 is 0 Å². The van der Waals surface area contributed by atoms with Crippen LogP contribution < -0.4 is 0 Å². The molecular weight excluding hydrogens is 200 g/mol. The Morgan fingerprint density at radius 1 is 1.31 bits per heavy atom. The third-order valence-electron chi connectivity index (χ3n) is 2.86. The molecule has 0 saturated heterocycles. The van der Waals surface area contributed by atoms with Crippen molar-refractivity contribution in [3.8, 4) is 0 Å². The molecule has 16 heavy (non-hydrogen) atoms.